The van der Waals surface area contributed by atoms with E-state index in [9.17, 15) is 13.2 Å². The van der Waals surface area contributed by atoms with Crippen molar-refractivity contribution in [1.82, 2.24) is 4.72 Å². The van der Waals surface area contributed by atoms with Crippen molar-refractivity contribution in [3.63, 3.8) is 0 Å². The van der Waals surface area contributed by atoms with Gasteiger partial charge < -0.3 is 0 Å². The molecular formula is C12H16N4O3S. The number of benzene rings is 1. The average Bonchev–Trinajstić information content (AvgIpc) is 2.44. The van der Waals surface area contributed by atoms with Crippen LogP contribution in [0.2, 0.25) is 0 Å². The van der Waals surface area contributed by atoms with Crippen LogP contribution in [0.5, 0.6) is 0 Å². The van der Waals surface area contributed by atoms with Gasteiger partial charge in [-0.3, -0.25) is 4.79 Å². The van der Waals surface area contributed by atoms with Gasteiger partial charge in [-0.05, 0) is 35.6 Å². The second-order valence-corrected chi connectivity index (χ2v) is 5.87. The third kappa shape index (κ3) is 5.83. The molecule has 0 spiro atoms. The molecule has 0 heterocycles. The Morgan fingerprint density at radius 2 is 1.90 bits per heavy atom. The summed E-state index contributed by atoms with van der Waals surface area (Å²) in [5.41, 5.74) is 8.04. The lowest BCUT2D eigenvalue weighted by Gasteiger charge is -2.06. The number of nitrogens with zero attached hydrogens (tertiary/aromatic N) is 3. The zero-order valence-electron chi connectivity index (χ0n) is 10.9. The lowest BCUT2D eigenvalue weighted by molar-refractivity contribution is -0.118. The number of carbonyl (C=O) groups excluding carboxylic acids is 1. The fourth-order valence-electron chi connectivity index (χ4n) is 1.57. The highest BCUT2D eigenvalue weighted by molar-refractivity contribution is 7.89. The summed E-state index contributed by atoms with van der Waals surface area (Å²) < 4.78 is 26.2. The Balaban J connectivity index is 2.25. The van der Waals surface area contributed by atoms with Crippen molar-refractivity contribution in [2.75, 3.05) is 6.54 Å². The summed E-state index contributed by atoms with van der Waals surface area (Å²) in [5.74, 6) is -0.489. The molecule has 0 aliphatic carbocycles. The SMILES string of the molecule is [N-]=[N+]=NC(=O)CCCCCNS(=O)(=O)c1ccccc1. The highest BCUT2D eigenvalue weighted by Crippen LogP contribution is 2.07. The highest BCUT2D eigenvalue weighted by Gasteiger charge is 2.11. The maximum atomic E-state index is 11.8. The minimum absolute atomic E-state index is 0.190. The number of azide groups is 1. The molecule has 0 radical (unpaired) electrons. The number of amides is 1. The van der Waals surface area contributed by atoms with Crippen LogP contribution in [0, 0.1) is 0 Å². The zero-order valence-corrected chi connectivity index (χ0v) is 11.7. The summed E-state index contributed by atoms with van der Waals surface area (Å²) in [7, 11) is -3.46. The molecule has 0 aliphatic rings. The first-order valence-corrected chi connectivity index (χ1v) is 7.67. The van der Waals surface area contributed by atoms with Crippen molar-refractivity contribution in [2.45, 2.75) is 30.6 Å². The summed E-state index contributed by atoms with van der Waals surface area (Å²) in [6.45, 7) is 0.312. The molecule has 0 unspecified atom stereocenters. The standard InChI is InChI=1S/C12H16N4O3S/c13-16-15-12(17)9-5-2-6-10-14-20(18,19)11-7-3-1-4-8-11/h1,3-4,7-8,14H,2,5-6,9-10H2. The number of nitrogens with one attached hydrogen (secondary N) is 1. The van der Waals surface area contributed by atoms with Crippen LogP contribution in [0.3, 0.4) is 0 Å². The molecule has 1 N–H and O–H groups in total. The molecule has 20 heavy (non-hydrogen) atoms. The van der Waals surface area contributed by atoms with Gasteiger partial charge in [-0.2, -0.15) is 0 Å². The normalized spacial score (nSPS) is 10.8. The van der Waals surface area contributed by atoms with E-state index in [0.29, 0.717) is 25.8 Å². The number of unbranched alkanes of at least 4 members (excludes halogenated alkanes) is 2. The Kier molecular flexibility index (Phi) is 6.72. The van der Waals surface area contributed by atoms with Gasteiger partial charge in [0, 0.05) is 17.9 Å². The van der Waals surface area contributed by atoms with Crippen LogP contribution >= 0.6 is 0 Å². The Bertz CT molecular complexity index is 580. The molecule has 1 rings (SSSR count). The van der Waals surface area contributed by atoms with E-state index >= 15 is 0 Å². The minimum Gasteiger partial charge on any atom is -0.293 e. The third-order valence-corrected chi connectivity index (χ3v) is 4.05. The van der Waals surface area contributed by atoms with Crippen LogP contribution < -0.4 is 4.72 Å². The van der Waals surface area contributed by atoms with Crippen LogP contribution in [0.1, 0.15) is 25.7 Å². The van der Waals surface area contributed by atoms with E-state index in [1.807, 2.05) is 0 Å². The number of carbonyl (C=O) groups is 1. The quantitative estimate of drug-likeness (QED) is 0.344. The van der Waals surface area contributed by atoms with E-state index in [-0.39, 0.29) is 11.3 Å². The van der Waals surface area contributed by atoms with Crippen LogP contribution in [-0.2, 0) is 14.8 Å². The van der Waals surface area contributed by atoms with E-state index in [0.717, 1.165) is 0 Å². The van der Waals surface area contributed by atoms with Crippen molar-refractivity contribution in [2.24, 2.45) is 5.11 Å². The largest absolute Gasteiger partial charge is 0.293 e. The second kappa shape index (κ2) is 8.31. The Labute approximate surface area is 117 Å². The molecule has 0 aromatic heterocycles. The second-order valence-electron chi connectivity index (χ2n) is 4.10. The molecule has 0 atom stereocenters. The molecule has 0 saturated heterocycles. The van der Waals surface area contributed by atoms with E-state index in [1.165, 1.54) is 12.1 Å². The van der Waals surface area contributed by atoms with Gasteiger partial charge in [-0.25, -0.2) is 13.1 Å². The summed E-state index contributed by atoms with van der Waals surface area (Å²) in [6.07, 6.45) is 2.07. The fraction of sp³-hybridized carbons (Fsp3) is 0.417. The molecule has 0 fully saturated rings. The lowest BCUT2D eigenvalue weighted by Crippen LogP contribution is -2.24. The predicted molar refractivity (Wildman–Crippen MR) is 74.3 cm³/mol. The number of hydrogen-bond donors (Lipinski definition) is 1. The number of rotatable bonds is 8. The van der Waals surface area contributed by atoms with Gasteiger partial charge in [-0.1, -0.05) is 24.6 Å². The van der Waals surface area contributed by atoms with Crippen LogP contribution in [0.25, 0.3) is 10.4 Å². The van der Waals surface area contributed by atoms with Gasteiger partial charge in [0.2, 0.25) is 15.9 Å². The molecule has 7 nitrogen and oxygen atoms in total. The fourth-order valence-corrected chi connectivity index (χ4v) is 2.66. The Morgan fingerprint density at radius 3 is 2.55 bits per heavy atom. The smallest absolute Gasteiger partial charge is 0.240 e. The van der Waals surface area contributed by atoms with Gasteiger partial charge >= 0.3 is 0 Å². The van der Waals surface area contributed by atoms with Gasteiger partial charge in [-0.15, -0.1) is 0 Å². The number of sulfonamides is 1. The van der Waals surface area contributed by atoms with Crippen molar-refractivity contribution in [3.8, 4) is 0 Å². The molecule has 1 aromatic carbocycles. The molecule has 108 valence electrons. The Hall–Kier alpha value is -1.89. The third-order valence-electron chi connectivity index (χ3n) is 2.57. The zero-order chi connectivity index (χ0) is 14.8. The van der Waals surface area contributed by atoms with E-state index in [1.54, 1.807) is 18.2 Å². The maximum absolute atomic E-state index is 11.8. The summed E-state index contributed by atoms with van der Waals surface area (Å²) in [5, 5.41) is 2.95. The monoisotopic (exact) mass is 296 g/mol. The van der Waals surface area contributed by atoms with Gasteiger partial charge in [0.25, 0.3) is 0 Å². The first-order chi connectivity index (χ1) is 9.56. The summed E-state index contributed by atoms with van der Waals surface area (Å²) >= 11 is 0. The van der Waals surface area contributed by atoms with Crippen LogP contribution in [0.15, 0.2) is 40.3 Å². The van der Waals surface area contributed by atoms with Gasteiger partial charge in [0.15, 0.2) is 0 Å². The Morgan fingerprint density at radius 1 is 1.20 bits per heavy atom. The topological polar surface area (TPSA) is 112 Å². The molecule has 1 amide bonds. The maximum Gasteiger partial charge on any atom is 0.240 e. The molecule has 1 aromatic rings. The van der Waals surface area contributed by atoms with E-state index in [4.69, 9.17) is 5.53 Å². The highest BCUT2D eigenvalue weighted by atomic mass is 32.2. The molecule has 0 saturated carbocycles. The van der Waals surface area contributed by atoms with E-state index < -0.39 is 15.9 Å². The van der Waals surface area contributed by atoms with Crippen LogP contribution in [-0.4, -0.2) is 20.9 Å². The van der Waals surface area contributed by atoms with Crippen molar-refractivity contribution in [3.05, 3.63) is 40.8 Å². The molecule has 0 aliphatic heterocycles. The van der Waals surface area contributed by atoms with Crippen LogP contribution in [0.4, 0.5) is 0 Å². The summed E-state index contributed by atoms with van der Waals surface area (Å²) in [6, 6.07) is 8.13. The first kappa shape index (κ1) is 16.2. The van der Waals surface area contributed by atoms with Crippen molar-refractivity contribution < 1.29 is 13.2 Å². The van der Waals surface area contributed by atoms with Crippen molar-refractivity contribution in [1.29, 1.82) is 0 Å². The molecule has 0 bridgehead atoms. The molecular weight excluding hydrogens is 280 g/mol. The van der Waals surface area contributed by atoms with Crippen molar-refractivity contribution >= 4 is 15.9 Å². The average molecular weight is 296 g/mol. The van der Waals surface area contributed by atoms with Gasteiger partial charge in [0.1, 0.15) is 0 Å². The minimum atomic E-state index is -3.46. The van der Waals surface area contributed by atoms with Gasteiger partial charge in [0.05, 0.1) is 4.90 Å². The summed E-state index contributed by atoms with van der Waals surface area (Å²) in [4.78, 5) is 13.5. The number of hydrogen-bond acceptors (Lipinski definition) is 3. The lowest BCUT2D eigenvalue weighted by atomic mass is 10.2. The first-order valence-electron chi connectivity index (χ1n) is 6.19. The predicted octanol–water partition coefficient (Wildman–Crippen LogP) is 2.36. The van der Waals surface area contributed by atoms with E-state index in [2.05, 4.69) is 14.7 Å². The molecule has 8 heteroatoms.